The Morgan fingerprint density at radius 3 is 1.16 bits per heavy atom. The van der Waals surface area contributed by atoms with Gasteiger partial charge < -0.3 is 10.2 Å². The van der Waals surface area contributed by atoms with E-state index in [1.807, 2.05) is 0 Å². The quantitative estimate of drug-likeness (QED) is 0.726. The zero-order valence-electron chi connectivity index (χ0n) is 13.1. The van der Waals surface area contributed by atoms with Crippen molar-refractivity contribution < 1.29 is 36.6 Å². The number of rotatable bonds is 2. The standard InChI is InChI=1S/C17H14F6O2/c1-9-3-11(7-13(24)5-9)15(16(18,19)20,17(21,22)23)12-4-10(2)6-14(25)8-12/h3-8,24-25H,1-2H3. The Bertz CT molecular complexity index is 685. The lowest BCUT2D eigenvalue weighted by Gasteiger charge is -2.38. The predicted octanol–water partition coefficient (Wildman–Crippen LogP) is 5.13. The number of aryl methyl sites for hydroxylation is 2. The summed E-state index contributed by atoms with van der Waals surface area (Å²) in [6.07, 6.45) is -11.5. The van der Waals surface area contributed by atoms with Crippen molar-refractivity contribution in [2.75, 3.05) is 0 Å². The molecule has 2 aromatic carbocycles. The van der Waals surface area contributed by atoms with Crippen LogP contribution in [-0.2, 0) is 5.41 Å². The van der Waals surface area contributed by atoms with Crippen LogP contribution < -0.4 is 0 Å². The van der Waals surface area contributed by atoms with Crippen LogP contribution in [0.3, 0.4) is 0 Å². The first-order chi connectivity index (χ1) is 11.3. The molecule has 0 spiro atoms. The van der Waals surface area contributed by atoms with E-state index in [0.29, 0.717) is 12.1 Å². The SMILES string of the molecule is Cc1cc(O)cc(C(c2cc(C)cc(O)c2)(C(F)(F)F)C(F)(F)F)c1. The lowest BCUT2D eigenvalue weighted by Crippen LogP contribution is -2.54. The smallest absolute Gasteiger partial charge is 0.411 e. The maximum atomic E-state index is 13.9. The highest BCUT2D eigenvalue weighted by Gasteiger charge is 2.72. The van der Waals surface area contributed by atoms with Crippen molar-refractivity contribution in [3.63, 3.8) is 0 Å². The lowest BCUT2D eigenvalue weighted by atomic mass is 9.72. The van der Waals surface area contributed by atoms with Crippen LogP contribution >= 0.6 is 0 Å². The van der Waals surface area contributed by atoms with Crippen LogP contribution in [0.1, 0.15) is 22.3 Å². The molecule has 0 aromatic heterocycles. The van der Waals surface area contributed by atoms with E-state index in [9.17, 15) is 36.6 Å². The van der Waals surface area contributed by atoms with Crippen LogP contribution in [0.25, 0.3) is 0 Å². The van der Waals surface area contributed by atoms with E-state index in [4.69, 9.17) is 0 Å². The van der Waals surface area contributed by atoms with E-state index < -0.39 is 40.4 Å². The summed E-state index contributed by atoms with van der Waals surface area (Å²) in [7, 11) is 0. The third-order valence-corrected chi connectivity index (χ3v) is 3.84. The molecule has 0 bridgehead atoms. The van der Waals surface area contributed by atoms with Gasteiger partial charge in [-0.1, -0.05) is 12.1 Å². The van der Waals surface area contributed by atoms with Crippen molar-refractivity contribution in [1.29, 1.82) is 0 Å². The second kappa shape index (κ2) is 5.86. The van der Waals surface area contributed by atoms with Gasteiger partial charge in [0.15, 0.2) is 0 Å². The Kier molecular flexibility index (Phi) is 4.44. The molecule has 0 saturated heterocycles. The van der Waals surface area contributed by atoms with Gasteiger partial charge in [0.2, 0.25) is 5.41 Å². The molecule has 2 aromatic rings. The summed E-state index contributed by atoms with van der Waals surface area (Å²) in [5.41, 5.74) is -6.67. The monoisotopic (exact) mass is 364 g/mol. The molecule has 136 valence electrons. The summed E-state index contributed by atoms with van der Waals surface area (Å²) < 4.78 is 83.3. The Labute approximate surface area is 139 Å². The van der Waals surface area contributed by atoms with Crippen LogP contribution in [0.4, 0.5) is 26.3 Å². The summed E-state index contributed by atoms with van der Waals surface area (Å²) in [6.45, 7) is 2.54. The molecule has 0 radical (unpaired) electrons. The largest absolute Gasteiger partial charge is 0.508 e. The van der Waals surface area contributed by atoms with Gasteiger partial charge in [-0.15, -0.1) is 0 Å². The normalized spacial score (nSPS) is 13.1. The molecular formula is C17H14F6O2. The predicted molar refractivity (Wildman–Crippen MR) is 78.6 cm³/mol. The van der Waals surface area contributed by atoms with Gasteiger partial charge in [-0.3, -0.25) is 0 Å². The van der Waals surface area contributed by atoms with Crippen LogP contribution in [0.5, 0.6) is 11.5 Å². The fourth-order valence-corrected chi connectivity index (χ4v) is 2.94. The van der Waals surface area contributed by atoms with Crippen LogP contribution in [0, 0.1) is 13.8 Å². The van der Waals surface area contributed by atoms with Gasteiger partial charge in [-0.05, 0) is 60.4 Å². The van der Waals surface area contributed by atoms with Gasteiger partial charge >= 0.3 is 12.4 Å². The molecule has 0 saturated carbocycles. The summed E-state index contributed by atoms with van der Waals surface area (Å²) in [5.74, 6) is -1.44. The number of phenols is 2. The first kappa shape index (κ1) is 19.0. The Balaban J connectivity index is 3.02. The van der Waals surface area contributed by atoms with Crippen molar-refractivity contribution in [2.24, 2.45) is 0 Å². The molecule has 0 aliphatic heterocycles. The fourth-order valence-electron chi connectivity index (χ4n) is 2.94. The van der Waals surface area contributed by atoms with Crippen LogP contribution in [0.15, 0.2) is 36.4 Å². The third kappa shape index (κ3) is 3.12. The van der Waals surface area contributed by atoms with E-state index in [1.165, 1.54) is 13.8 Å². The number of halogens is 6. The molecule has 2 rings (SSSR count). The van der Waals surface area contributed by atoms with Crippen molar-refractivity contribution in [1.82, 2.24) is 0 Å². The molecule has 0 atom stereocenters. The zero-order valence-corrected chi connectivity index (χ0v) is 13.1. The maximum absolute atomic E-state index is 13.9. The zero-order chi connectivity index (χ0) is 19.2. The second-order valence-electron chi connectivity index (χ2n) is 5.86. The van der Waals surface area contributed by atoms with Crippen molar-refractivity contribution >= 4 is 0 Å². The van der Waals surface area contributed by atoms with E-state index in [1.54, 1.807) is 0 Å². The molecule has 0 aliphatic rings. The molecule has 0 aliphatic carbocycles. The third-order valence-electron chi connectivity index (χ3n) is 3.84. The van der Waals surface area contributed by atoms with E-state index in [0.717, 1.165) is 24.3 Å². The van der Waals surface area contributed by atoms with Crippen LogP contribution in [-0.4, -0.2) is 22.6 Å². The van der Waals surface area contributed by atoms with Gasteiger partial charge in [-0.2, -0.15) is 26.3 Å². The van der Waals surface area contributed by atoms with E-state index in [-0.39, 0.29) is 11.1 Å². The average molecular weight is 364 g/mol. The molecular weight excluding hydrogens is 350 g/mol. The first-order valence-corrected chi connectivity index (χ1v) is 7.05. The second-order valence-corrected chi connectivity index (χ2v) is 5.86. The Morgan fingerprint density at radius 2 is 0.920 bits per heavy atom. The fraction of sp³-hybridized carbons (Fsp3) is 0.294. The molecule has 8 heteroatoms. The number of aromatic hydroxyl groups is 2. The van der Waals surface area contributed by atoms with Gasteiger partial charge in [0, 0.05) is 0 Å². The average Bonchev–Trinajstić information content (AvgIpc) is 2.32. The summed E-state index contributed by atoms with van der Waals surface area (Å²) in [5, 5.41) is 19.1. The van der Waals surface area contributed by atoms with Gasteiger partial charge in [0.1, 0.15) is 11.5 Å². The van der Waals surface area contributed by atoms with Crippen molar-refractivity contribution in [3.8, 4) is 11.5 Å². The lowest BCUT2D eigenvalue weighted by molar-refractivity contribution is -0.288. The van der Waals surface area contributed by atoms with Gasteiger partial charge in [-0.25, -0.2) is 0 Å². The highest BCUT2D eigenvalue weighted by Crippen LogP contribution is 2.57. The highest BCUT2D eigenvalue weighted by molar-refractivity contribution is 5.50. The Morgan fingerprint density at radius 1 is 0.600 bits per heavy atom. The summed E-state index contributed by atoms with van der Waals surface area (Å²) in [4.78, 5) is 0. The molecule has 2 nitrogen and oxygen atoms in total. The first-order valence-electron chi connectivity index (χ1n) is 7.05. The minimum absolute atomic E-state index is 0.0322. The van der Waals surface area contributed by atoms with Crippen molar-refractivity contribution in [2.45, 2.75) is 31.6 Å². The van der Waals surface area contributed by atoms with Crippen molar-refractivity contribution in [3.05, 3.63) is 58.7 Å². The molecule has 2 N–H and O–H groups in total. The molecule has 0 amide bonds. The minimum Gasteiger partial charge on any atom is -0.508 e. The minimum atomic E-state index is -5.77. The van der Waals surface area contributed by atoms with Crippen LogP contribution in [0.2, 0.25) is 0 Å². The summed E-state index contributed by atoms with van der Waals surface area (Å²) in [6, 6.07) is 4.42. The molecule has 0 heterocycles. The van der Waals surface area contributed by atoms with E-state index >= 15 is 0 Å². The highest BCUT2D eigenvalue weighted by atomic mass is 19.4. The molecule has 0 unspecified atom stereocenters. The van der Waals surface area contributed by atoms with Gasteiger partial charge in [0.25, 0.3) is 0 Å². The number of hydrogen-bond donors (Lipinski definition) is 2. The molecule has 25 heavy (non-hydrogen) atoms. The topological polar surface area (TPSA) is 40.5 Å². The number of benzene rings is 2. The Hall–Kier alpha value is -2.38. The number of phenolic OH excluding ortho intramolecular Hbond substituents is 2. The molecule has 0 fully saturated rings. The maximum Gasteiger partial charge on any atom is 0.411 e. The number of alkyl halides is 6. The van der Waals surface area contributed by atoms with E-state index in [2.05, 4.69) is 0 Å². The number of hydrogen-bond acceptors (Lipinski definition) is 2. The van der Waals surface area contributed by atoms with Gasteiger partial charge in [0.05, 0.1) is 0 Å². The summed E-state index contributed by atoms with van der Waals surface area (Å²) >= 11 is 0.